The lowest BCUT2D eigenvalue weighted by atomic mass is 10.1. The molecule has 1 fully saturated rings. The number of carbonyl (C=O) groups excluding carboxylic acids is 2. The third-order valence-electron chi connectivity index (χ3n) is 5.06. The second-order valence-corrected chi connectivity index (χ2v) is 6.99. The molecule has 0 saturated carbocycles. The minimum absolute atomic E-state index is 0.232. The number of carbonyl (C=O) groups is 2. The molecule has 7 heteroatoms. The Morgan fingerprint density at radius 1 is 1.00 bits per heavy atom. The molecule has 0 aromatic heterocycles. The van der Waals surface area contributed by atoms with Crippen LogP contribution in [-0.2, 0) is 14.3 Å². The van der Waals surface area contributed by atoms with Gasteiger partial charge in [0.05, 0.1) is 0 Å². The van der Waals surface area contributed by atoms with Crippen LogP contribution in [0.4, 0.5) is 10.1 Å². The number of amides is 1. The van der Waals surface area contributed by atoms with Crippen LogP contribution < -0.4 is 9.64 Å². The van der Waals surface area contributed by atoms with Crippen molar-refractivity contribution in [3.05, 3.63) is 59.4 Å². The predicted molar refractivity (Wildman–Crippen MR) is 108 cm³/mol. The highest BCUT2D eigenvalue weighted by atomic mass is 19.1. The number of anilines is 1. The maximum atomic E-state index is 13.1. The number of nitrogens with zero attached hydrogens (tertiary/aromatic N) is 2. The molecule has 0 radical (unpaired) electrons. The monoisotopic (exact) mass is 400 g/mol. The maximum absolute atomic E-state index is 13.1. The van der Waals surface area contributed by atoms with Crippen molar-refractivity contribution in [2.24, 2.45) is 0 Å². The molecule has 0 N–H and O–H groups in total. The van der Waals surface area contributed by atoms with Gasteiger partial charge in [-0.3, -0.25) is 4.79 Å². The van der Waals surface area contributed by atoms with Gasteiger partial charge in [-0.2, -0.15) is 0 Å². The van der Waals surface area contributed by atoms with Crippen LogP contribution in [0.15, 0.2) is 42.5 Å². The number of rotatable bonds is 6. The summed E-state index contributed by atoms with van der Waals surface area (Å²) in [4.78, 5) is 28.1. The number of benzene rings is 2. The second kappa shape index (κ2) is 9.41. The number of halogens is 1. The molecular formula is C22H25FN2O4. The van der Waals surface area contributed by atoms with Crippen molar-refractivity contribution in [3.63, 3.8) is 0 Å². The fourth-order valence-electron chi connectivity index (χ4n) is 3.25. The normalized spacial score (nSPS) is 13.9. The van der Waals surface area contributed by atoms with E-state index in [1.807, 2.05) is 6.07 Å². The highest BCUT2D eigenvalue weighted by Crippen LogP contribution is 2.23. The molecule has 0 unspecified atom stereocenters. The van der Waals surface area contributed by atoms with Gasteiger partial charge in [0.1, 0.15) is 11.6 Å². The Labute approximate surface area is 169 Å². The number of hydrogen-bond donors (Lipinski definition) is 0. The fourth-order valence-corrected chi connectivity index (χ4v) is 3.25. The first-order valence-corrected chi connectivity index (χ1v) is 9.57. The van der Waals surface area contributed by atoms with E-state index in [0.29, 0.717) is 13.1 Å². The molecule has 0 atom stereocenters. The molecule has 2 aromatic rings. The lowest BCUT2D eigenvalue weighted by Gasteiger charge is -2.37. The van der Waals surface area contributed by atoms with Crippen molar-refractivity contribution in [3.8, 4) is 5.75 Å². The first-order chi connectivity index (χ1) is 13.9. The average molecular weight is 400 g/mol. The molecule has 1 aliphatic rings. The van der Waals surface area contributed by atoms with Crippen molar-refractivity contribution in [2.45, 2.75) is 13.8 Å². The SMILES string of the molecule is Cc1cccc(N2CCN(C(=O)COC(=O)COc3cccc(F)c3)CC2)c1C. The highest BCUT2D eigenvalue weighted by molar-refractivity contribution is 5.81. The van der Waals surface area contributed by atoms with Gasteiger partial charge in [-0.15, -0.1) is 0 Å². The summed E-state index contributed by atoms with van der Waals surface area (Å²) >= 11 is 0. The molecule has 6 nitrogen and oxygen atoms in total. The summed E-state index contributed by atoms with van der Waals surface area (Å²) in [5.41, 5.74) is 3.69. The number of ether oxygens (including phenoxy) is 2. The Morgan fingerprint density at radius 2 is 1.72 bits per heavy atom. The predicted octanol–water partition coefficient (Wildman–Crippen LogP) is 2.71. The van der Waals surface area contributed by atoms with Crippen LogP contribution in [0.1, 0.15) is 11.1 Å². The fraction of sp³-hybridized carbons (Fsp3) is 0.364. The summed E-state index contributed by atoms with van der Waals surface area (Å²) in [5.74, 6) is -1.12. The second-order valence-electron chi connectivity index (χ2n) is 6.99. The van der Waals surface area contributed by atoms with Gasteiger partial charge in [0.2, 0.25) is 0 Å². The third-order valence-corrected chi connectivity index (χ3v) is 5.06. The maximum Gasteiger partial charge on any atom is 0.344 e. The topological polar surface area (TPSA) is 59.1 Å². The molecule has 0 spiro atoms. The van der Waals surface area contributed by atoms with Crippen LogP contribution in [0.25, 0.3) is 0 Å². The summed E-state index contributed by atoms with van der Waals surface area (Å²) in [6.45, 7) is 6.09. The molecule has 1 saturated heterocycles. The van der Waals surface area contributed by atoms with E-state index >= 15 is 0 Å². The number of hydrogen-bond acceptors (Lipinski definition) is 5. The Hall–Kier alpha value is -3.09. The van der Waals surface area contributed by atoms with Crippen molar-refractivity contribution < 1.29 is 23.5 Å². The average Bonchev–Trinajstić information content (AvgIpc) is 2.73. The van der Waals surface area contributed by atoms with Crippen LogP contribution in [0.3, 0.4) is 0 Å². The highest BCUT2D eigenvalue weighted by Gasteiger charge is 2.23. The van der Waals surface area contributed by atoms with Gasteiger partial charge in [-0.05, 0) is 43.2 Å². The molecular weight excluding hydrogens is 375 g/mol. The minimum Gasteiger partial charge on any atom is -0.482 e. The van der Waals surface area contributed by atoms with Gasteiger partial charge in [-0.25, -0.2) is 9.18 Å². The Kier molecular flexibility index (Phi) is 6.69. The zero-order valence-corrected chi connectivity index (χ0v) is 16.7. The van der Waals surface area contributed by atoms with Crippen molar-refractivity contribution in [1.29, 1.82) is 0 Å². The zero-order valence-electron chi connectivity index (χ0n) is 16.7. The van der Waals surface area contributed by atoms with Gasteiger partial charge in [0, 0.05) is 37.9 Å². The van der Waals surface area contributed by atoms with Crippen molar-refractivity contribution >= 4 is 17.6 Å². The van der Waals surface area contributed by atoms with E-state index in [4.69, 9.17) is 9.47 Å². The molecule has 1 aliphatic heterocycles. The van der Waals surface area contributed by atoms with E-state index in [1.54, 1.807) is 4.90 Å². The lowest BCUT2D eigenvalue weighted by molar-refractivity contribution is -0.153. The zero-order chi connectivity index (χ0) is 20.8. The first kappa shape index (κ1) is 20.6. The third kappa shape index (κ3) is 5.47. The van der Waals surface area contributed by atoms with Crippen LogP contribution in [-0.4, -0.2) is 56.2 Å². The summed E-state index contributed by atoms with van der Waals surface area (Å²) in [6.07, 6.45) is 0. The largest absolute Gasteiger partial charge is 0.482 e. The van der Waals surface area contributed by atoms with Gasteiger partial charge in [0.25, 0.3) is 5.91 Å². The molecule has 29 heavy (non-hydrogen) atoms. The molecule has 1 heterocycles. The molecule has 0 bridgehead atoms. The van der Waals surface area contributed by atoms with Crippen molar-refractivity contribution in [2.75, 3.05) is 44.3 Å². The quantitative estimate of drug-likeness (QED) is 0.698. The van der Waals surface area contributed by atoms with Crippen LogP contribution in [0.2, 0.25) is 0 Å². The van der Waals surface area contributed by atoms with Gasteiger partial charge in [-0.1, -0.05) is 18.2 Å². The van der Waals surface area contributed by atoms with E-state index in [0.717, 1.165) is 13.1 Å². The summed E-state index contributed by atoms with van der Waals surface area (Å²) in [5, 5.41) is 0. The number of esters is 1. The lowest BCUT2D eigenvalue weighted by Crippen LogP contribution is -2.50. The van der Waals surface area contributed by atoms with E-state index in [9.17, 15) is 14.0 Å². The van der Waals surface area contributed by atoms with E-state index < -0.39 is 11.8 Å². The smallest absolute Gasteiger partial charge is 0.344 e. The first-order valence-electron chi connectivity index (χ1n) is 9.57. The Morgan fingerprint density at radius 3 is 2.45 bits per heavy atom. The van der Waals surface area contributed by atoms with Gasteiger partial charge >= 0.3 is 5.97 Å². The summed E-state index contributed by atoms with van der Waals surface area (Å²) in [6, 6.07) is 11.7. The van der Waals surface area contributed by atoms with E-state index in [-0.39, 0.29) is 24.9 Å². The van der Waals surface area contributed by atoms with E-state index in [1.165, 1.54) is 41.1 Å². The Bertz CT molecular complexity index is 879. The Balaban J connectivity index is 1.41. The van der Waals surface area contributed by atoms with Crippen LogP contribution in [0, 0.1) is 19.7 Å². The molecule has 154 valence electrons. The summed E-state index contributed by atoms with van der Waals surface area (Å²) < 4.78 is 23.2. The van der Waals surface area contributed by atoms with Crippen LogP contribution >= 0.6 is 0 Å². The molecule has 1 amide bonds. The molecule has 3 rings (SSSR count). The number of aryl methyl sites for hydroxylation is 1. The minimum atomic E-state index is -0.670. The molecule has 0 aliphatic carbocycles. The van der Waals surface area contributed by atoms with Crippen LogP contribution in [0.5, 0.6) is 5.75 Å². The van der Waals surface area contributed by atoms with E-state index in [2.05, 4.69) is 30.9 Å². The molecule has 2 aromatic carbocycles. The van der Waals surface area contributed by atoms with Gasteiger partial charge < -0.3 is 19.3 Å². The number of piperazine rings is 1. The standard InChI is InChI=1S/C22H25FN2O4/c1-16-5-3-8-20(17(16)2)24-9-11-25(12-10-24)21(26)14-29-22(27)15-28-19-7-4-6-18(23)13-19/h3-8,13H,9-12,14-15H2,1-2H3. The summed E-state index contributed by atoms with van der Waals surface area (Å²) in [7, 11) is 0. The van der Waals surface area contributed by atoms with Gasteiger partial charge in [0.15, 0.2) is 13.2 Å². The van der Waals surface area contributed by atoms with Crippen molar-refractivity contribution in [1.82, 2.24) is 4.90 Å².